The van der Waals surface area contributed by atoms with Crippen LogP contribution in [0, 0.1) is 13.8 Å². The van der Waals surface area contributed by atoms with Gasteiger partial charge in [0.2, 0.25) is 6.23 Å². The van der Waals surface area contributed by atoms with Crippen LogP contribution in [0.3, 0.4) is 0 Å². The number of furan rings is 1. The van der Waals surface area contributed by atoms with E-state index in [1.807, 2.05) is 26.0 Å². The monoisotopic (exact) mass is 545 g/mol. The quantitative estimate of drug-likeness (QED) is 0.320. The number of aliphatic hydroxyl groups is 1. The van der Waals surface area contributed by atoms with Gasteiger partial charge >= 0.3 is 25.5 Å². The van der Waals surface area contributed by atoms with E-state index in [1.54, 1.807) is 6.07 Å². The second kappa shape index (κ2) is 9.93. The number of fused-ring (bicyclic) bond motifs is 1. The summed E-state index contributed by atoms with van der Waals surface area (Å²) in [7, 11) is -5.02. The summed E-state index contributed by atoms with van der Waals surface area (Å²) >= 11 is 0. The number of halogens is 2. The van der Waals surface area contributed by atoms with Crippen molar-refractivity contribution in [2.24, 2.45) is 0 Å². The van der Waals surface area contributed by atoms with Gasteiger partial charge in [-0.3, -0.25) is 14.4 Å². The van der Waals surface area contributed by atoms with E-state index >= 15 is 0 Å². The molecule has 16 heteroatoms. The van der Waals surface area contributed by atoms with Gasteiger partial charge in [0, 0.05) is 11.6 Å². The normalized spacial score (nSPS) is 21.3. The van der Waals surface area contributed by atoms with Crippen molar-refractivity contribution in [3.63, 3.8) is 0 Å². The number of carbonyl (C=O) groups excluding carboxylic acids is 1. The second-order valence-electron chi connectivity index (χ2n) is 8.35. The number of nitrogens with one attached hydrogen (secondary N) is 1. The Morgan fingerprint density at radius 1 is 1.30 bits per heavy atom. The summed E-state index contributed by atoms with van der Waals surface area (Å²) in [5.41, 5.74) is 1.34. The zero-order chi connectivity index (χ0) is 27.1. The fourth-order valence-corrected chi connectivity index (χ4v) is 4.19. The lowest BCUT2D eigenvalue weighted by molar-refractivity contribution is -0.140. The molecule has 0 radical (unpaired) electrons. The third kappa shape index (κ3) is 5.87. The highest BCUT2D eigenvalue weighted by molar-refractivity contribution is 7.46. The molecular formula is C21H22F2N3O10P. The van der Waals surface area contributed by atoms with E-state index in [4.69, 9.17) is 23.7 Å². The first kappa shape index (κ1) is 26.9. The Morgan fingerprint density at radius 3 is 2.70 bits per heavy atom. The van der Waals surface area contributed by atoms with Gasteiger partial charge in [-0.05, 0) is 37.6 Å². The summed E-state index contributed by atoms with van der Waals surface area (Å²) in [4.78, 5) is 45.4. The molecule has 3 aromatic rings. The fraction of sp³-hybridized carbons (Fsp3) is 0.381. The molecule has 4 N–H and O–H groups in total. The average molecular weight is 545 g/mol. The largest absolute Gasteiger partial charge is 0.469 e. The molecule has 1 aliphatic rings. The highest BCUT2D eigenvalue weighted by Crippen LogP contribution is 2.44. The van der Waals surface area contributed by atoms with Gasteiger partial charge < -0.3 is 28.8 Å². The molecule has 1 aromatic carbocycles. The molecule has 1 amide bonds. The molecule has 0 unspecified atom stereocenters. The molecule has 0 saturated carbocycles. The predicted octanol–water partition coefficient (Wildman–Crippen LogP) is 2.36. The standard InChI is InChI=1S/C21H22F2N3O10P/c1-10-5-11(2)16-12(6-10)7-13(35-16)8-33-20(29)25-15-3-4-26(19(28)24-15)18-21(22,23)17(27)14(36-18)9-34-37(30,31)32/h3-7,14,17-18,27H,8-9H2,1-2H3,(H2,30,31,32)(H,24,25,28,29)/t14-,17-,18-/m1/s1. The molecule has 0 aliphatic carbocycles. The van der Waals surface area contributed by atoms with Crippen molar-refractivity contribution in [3.05, 3.63) is 57.8 Å². The number of phosphoric ester groups is 1. The van der Waals surface area contributed by atoms with Gasteiger partial charge in [-0.2, -0.15) is 13.8 Å². The summed E-state index contributed by atoms with van der Waals surface area (Å²) < 4.78 is 60.0. The van der Waals surface area contributed by atoms with E-state index in [1.165, 1.54) is 0 Å². The zero-order valence-electron chi connectivity index (χ0n) is 19.3. The first-order chi connectivity index (χ1) is 17.2. The fourth-order valence-electron chi connectivity index (χ4n) is 3.85. The smallest absolute Gasteiger partial charge is 0.457 e. The minimum absolute atomic E-state index is 0.228. The molecule has 0 bridgehead atoms. The Morgan fingerprint density at radius 2 is 2.03 bits per heavy atom. The van der Waals surface area contributed by atoms with Gasteiger partial charge in [-0.1, -0.05) is 11.6 Å². The number of aromatic nitrogens is 2. The molecule has 2 aromatic heterocycles. The number of hydrogen-bond acceptors (Lipinski definition) is 9. The number of hydrogen-bond donors (Lipinski definition) is 4. The number of phosphoric acid groups is 1. The van der Waals surface area contributed by atoms with Crippen LogP contribution in [0.4, 0.5) is 19.4 Å². The number of aryl methyl sites for hydroxylation is 2. The maximum atomic E-state index is 14.5. The molecule has 4 rings (SSSR count). The lowest BCUT2D eigenvalue weighted by Gasteiger charge is -2.21. The van der Waals surface area contributed by atoms with E-state index < -0.39 is 50.6 Å². The van der Waals surface area contributed by atoms with Gasteiger partial charge in [-0.25, -0.2) is 14.2 Å². The van der Waals surface area contributed by atoms with Gasteiger partial charge in [-0.15, -0.1) is 0 Å². The van der Waals surface area contributed by atoms with E-state index in [-0.39, 0.29) is 12.4 Å². The molecule has 1 aliphatic heterocycles. The lowest BCUT2D eigenvalue weighted by atomic mass is 10.1. The number of carbonyl (C=O) groups is 1. The van der Waals surface area contributed by atoms with Gasteiger partial charge in [0.15, 0.2) is 12.7 Å². The molecule has 0 spiro atoms. The van der Waals surface area contributed by atoms with Crippen molar-refractivity contribution in [1.29, 1.82) is 0 Å². The van der Waals surface area contributed by atoms with Gasteiger partial charge in [0.25, 0.3) is 0 Å². The number of ether oxygens (including phenoxy) is 2. The number of anilines is 1. The van der Waals surface area contributed by atoms with Crippen molar-refractivity contribution in [2.75, 3.05) is 11.9 Å². The lowest BCUT2D eigenvalue weighted by Crippen LogP contribution is -2.42. The summed E-state index contributed by atoms with van der Waals surface area (Å²) in [6, 6.07) is 6.59. The van der Waals surface area contributed by atoms with Crippen LogP contribution >= 0.6 is 7.82 Å². The Kier molecular flexibility index (Phi) is 7.21. The summed E-state index contributed by atoms with van der Waals surface area (Å²) in [5, 5.41) is 12.8. The molecule has 200 valence electrons. The average Bonchev–Trinajstić information content (AvgIpc) is 3.29. The SMILES string of the molecule is Cc1cc(C)c2oc(COC(=O)Nc3ccn([C@@H]4O[C@H](COP(=O)(O)O)[C@@H](O)C4(F)F)c(=O)n3)cc2c1. The first-order valence-electron chi connectivity index (χ1n) is 10.7. The molecule has 37 heavy (non-hydrogen) atoms. The highest BCUT2D eigenvalue weighted by Gasteiger charge is 2.60. The number of alkyl halides is 2. The number of aliphatic hydroxyl groups excluding tert-OH is 1. The van der Waals surface area contributed by atoms with E-state index in [0.717, 1.165) is 28.8 Å². The second-order valence-corrected chi connectivity index (χ2v) is 9.59. The molecule has 3 heterocycles. The van der Waals surface area contributed by atoms with Crippen molar-refractivity contribution >= 4 is 30.7 Å². The molecule has 13 nitrogen and oxygen atoms in total. The number of amides is 1. The molecule has 1 saturated heterocycles. The van der Waals surface area contributed by atoms with Crippen LogP contribution in [0.2, 0.25) is 0 Å². The molecular weight excluding hydrogens is 523 g/mol. The minimum Gasteiger partial charge on any atom is -0.457 e. The molecule has 1 fully saturated rings. The number of benzene rings is 1. The Bertz CT molecular complexity index is 1440. The predicted molar refractivity (Wildman–Crippen MR) is 121 cm³/mol. The van der Waals surface area contributed by atoms with Crippen molar-refractivity contribution in [3.8, 4) is 0 Å². The zero-order valence-corrected chi connectivity index (χ0v) is 20.2. The van der Waals surface area contributed by atoms with Crippen LogP contribution in [0.5, 0.6) is 0 Å². The highest BCUT2D eigenvalue weighted by atomic mass is 31.2. The Labute approximate surface area is 206 Å². The van der Waals surface area contributed by atoms with E-state index in [9.17, 15) is 28.0 Å². The van der Waals surface area contributed by atoms with Crippen LogP contribution in [0.15, 0.2) is 39.7 Å². The Balaban J connectivity index is 1.40. The van der Waals surface area contributed by atoms with E-state index in [2.05, 4.69) is 14.8 Å². The van der Waals surface area contributed by atoms with Crippen LogP contribution in [0.25, 0.3) is 11.0 Å². The Hall–Kier alpha value is -3.20. The van der Waals surface area contributed by atoms with Crippen molar-refractivity contribution < 1.29 is 51.4 Å². The third-order valence-electron chi connectivity index (χ3n) is 5.44. The third-order valence-corrected chi connectivity index (χ3v) is 5.93. The van der Waals surface area contributed by atoms with Gasteiger partial charge in [0.05, 0.1) is 6.61 Å². The molecule has 3 atom stereocenters. The van der Waals surface area contributed by atoms with Crippen LogP contribution in [-0.4, -0.2) is 55.3 Å². The number of rotatable bonds is 7. The topological polar surface area (TPSA) is 183 Å². The number of nitrogens with zero attached hydrogens (tertiary/aromatic N) is 2. The maximum Gasteiger partial charge on any atom is 0.469 e. The van der Waals surface area contributed by atoms with Crippen LogP contribution in [-0.2, 0) is 25.2 Å². The van der Waals surface area contributed by atoms with Gasteiger partial charge in [0.1, 0.15) is 23.3 Å². The summed E-state index contributed by atoms with van der Waals surface area (Å²) in [5.74, 6) is -3.98. The first-order valence-corrected chi connectivity index (χ1v) is 12.2. The van der Waals surface area contributed by atoms with Crippen LogP contribution < -0.4 is 11.0 Å². The maximum absolute atomic E-state index is 14.5. The van der Waals surface area contributed by atoms with Crippen molar-refractivity contribution in [1.82, 2.24) is 9.55 Å². The minimum atomic E-state index is -5.02. The summed E-state index contributed by atoms with van der Waals surface area (Å²) in [6.45, 7) is 2.53. The van der Waals surface area contributed by atoms with Crippen LogP contribution in [0.1, 0.15) is 23.1 Å². The van der Waals surface area contributed by atoms with E-state index in [0.29, 0.717) is 15.9 Å². The van der Waals surface area contributed by atoms with Crippen molar-refractivity contribution in [2.45, 2.75) is 44.8 Å². The summed E-state index contributed by atoms with van der Waals surface area (Å²) in [6.07, 6.45) is -6.89.